The number of unbranched alkanes of at least 4 members (excludes halogenated alkanes) is 1. The Labute approximate surface area is 113 Å². The van der Waals surface area contributed by atoms with E-state index < -0.39 is 0 Å². The predicted molar refractivity (Wildman–Crippen MR) is 76.1 cm³/mol. The van der Waals surface area contributed by atoms with E-state index in [1.54, 1.807) is 0 Å². The zero-order valence-corrected chi connectivity index (χ0v) is 11.5. The molecule has 0 amide bonds. The number of nitrogens with zero attached hydrogens (tertiary/aromatic N) is 1. The first-order valence-electron chi connectivity index (χ1n) is 6.73. The molecule has 1 aromatic heterocycles. The lowest BCUT2D eigenvalue weighted by atomic mass is 10.1. The lowest BCUT2D eigenvalue weighted by Gasteiger charge is -2.06. The van der Waals surface area contributed by atoms with E-state index in [2.05, 4.69) is 12.1 Å². The number of hydrogen-bond acceptors (Lipinski definition) is 4. The first kappa shape index (κ1) is 13.5. The predicted octanol–water partition coefficient (Wildman–Crippen LogP) is 3.67. The molecule has 0 radical (unpaired) electrons. The fourth-order valence-corrected chi connectivity index (χ4v) is 1.93. The molecule has 0 spiro atoms. The minimum Gasteiger partial charge on any atom is -0.494 e. The fraction of sp³-hybridized carbons (Fsp3) is 0.400. The van der Waals surface area contributed by atoms with Crippen molar-refractivity contribution < 1.29 is 9.26 Å². The Bertz CT molecular complexity index is 517. The van der Waals surface area contributed by atoms with Crippen LogP contribution in [0, 0.1) is 0 Å². The Balaban J connectivity index is 2.13. The molecule has 0 aliphatic heterocycles. The highest BCUT2D eigenvalue weighted by molar-refractivity contribution is 5.66. The molecule has 0 saturated heterocycles. The molecule has 0 aliphatic rings. The van der Waals surface area contributed by atoms with Crippen LogP contribution in [0.5, 0.6) is 5.75 Å². The van der Waals surface area contributed by atoms with E-state index in [1.165, 1.54) is 0 Å². The molecular formula is C15H20N2O2. The smallest absolute Gasteiger partial charge is 0.172 e. The topological polar surface area (TPSA) is 61.3 Å². The summed E-state index contributed by atoms with van der Waals surface area (Å²) in [4.78, 5) is 0. The largest absolute Gasteiger partial charge is 0.494 e. The van der Waals surface area contributed by atoms with E-state index >= 15 is 0 Å². The lowest BCUT2D eigenvalue weighted by Crippen LogP contribution is -1.96. The van der Waals surface area contributed by atoms with E-state index in [1.807, 2.05) is 31.2 Å². The number of benzene rings is 1. The third-order valence-electron chi connectivity index (χ3n) is 3.06. The highest BCUT2D eigenvalue weighted by atomic mass is 16.5. The second-order valence-corrected chi connectivity index (χ2v) is 4.46. The Hall–Kier alpha value is -1.97. The van der Waals surface area contributed by atoms with Crippen LogP contribution >= 0.6 is 0 Å². The van der Waals surface area contributed by atoms with Crippen LogP contribution in [0.2, 0.25) is 0 Å². The van der Waals surface area contributed by atoms with Gasteiger partial charge in [0.1, 0.15) is 5.75 Å². The Morgan fingerprint density at radius 1 is 1.21 bits per heavy atom. The molecule has 2 aromatic rings. The monoisotopic (exact) mass is 260 g/mol. The summed E-state index contributed by atoms with van der Waals surface area (Å²) in [7, 11) is 0. The van der Waals surface area contributed by atoms with Gasteiger partial charge in [-0.15, -0.1) is 0 Å². The second-order valence-electron chi connectivity index (χ2n) is 4.46. The van der Waals surface area contributed by atoms with Crippen LogP contribution in [0.1, 0.15) is 32.3 Å². The molecule has 0 aliphatic carbocycles. The molecule has 1 aromatic carbocycles. The van der Waals surface area contributed by atoms with Crippen LogP contribution in [0.3, 0.4) is 0 Å². The molecule has 0 atom stereocenters. The van der Waals surface area contributed by atoms with Gasteiger partial charge in [0.15, 0.2) is 11.6 Å². The van der Waals surface area contributed by atoms with Crippen LogP contribution in [0.4, 0.5) is 5.82 Å². The molecule has 4 nitrogen and oxygen atoms in total. The van der Waals surface area contributed by atoms with Gasteiger partial charge in [0.2, 0.25) is 0 Å². The van der Waals surface area contributed by atoms with Crippen molar-refractivity contribution in [2.75, 3.05) is 12.3 Å². The van der Waals surface area contributed by atoms with Gasteiger partial charge in [-0.3, -0.25) is 0 Å². The third kappa shape index (κ3) is 3.08. The number of ether oxygens (including phenoxy) is 1. The molecule has 0 unspecified atom stereocenters. The molecular weight excluding hydrogens is 240 g/mol. The average Bonchev–Trinajstić information content (AvgIpc) is 2.81. The van der Waals surface area contributed by atoms with Crippen molar-refractivity contribution in [1.29, 1.82) is 0 Å². The minimum atomic E-state index is 0.473. The first-order chi connectivity index (χ1) is 9.26. The van der Waals surface area contributed by atoms with Crippen LogP contribution in [-0.2, 0) is 6.42 Å². The molecule has 2 N–H and O–H groups in total. The standard InChI is InChI=1S/C15H20N2O2/c1-3-5-10-18-12-8-6-11(7-9-12)14-13(4-2)15(16)17-19-14/h6-9H,3-5,10H2,1-2H3,(H2,16,17). The fourth-order valence-electron chi connectivity index (χ4n) is 1.93. The van der Waals surface area contributed by atoms with Gasteiger partial charge in [-0.2, -0.15) is 0 Å². The normalized spacial score (nSPS) is 10.6. The van der Waals surface area contributed by atoms with Gasteiger partial charge in [0.25, 0.3) is 0 Å². The molecule has 102 valence electrons. The highest BCUT2D eigenvalue weighted by Crippen LogP contribution is 2.29. The quantitative estimate of drug-likeness (QED) is 0.805. The van der Waals surface area contributed by atoms with E-state index in [-0.39, 0.29) is 0 Å². The number of hydrogen-bond donors (Lipinski definition) is 1. The van der Waals surface area contributed by atoms with Gasteiger partial charge in [-0.25, -0.2) is 0 Å². The van der Waals surface area contributed by atoms with Crippen LogP contribution in [0.25, 0.3) is 11.3 Å². The molecule has 4 heteroatoms. The Morgan fingerprint density at radius 3 is 2.58 bits per heavy atom. The van der Waals surface area contributed by atoms with Gasteiger partial charge < -0.3 is 15.0 Å². The number of nitrogens with two attached hydrogens (primary N) is 1. The maximum absolute atomic E-state index is 5.77. The van der Waals surface area contributed by atoms with E-state index in [0.29, 0.717) is 5.82 Å². The van der Waals surface area contributed by atoms with Gasteiger partial charge in [-0.05, 0) is 37.1 Å². The average molecular weight is 260 g/mol. The van der Waals surface area contributed by atoms with E-state index in [0.717, 1.165) is 48.5 Å². The van der Waals surface area contributed by atoms with Crippen molar-refractivity contribution in [3.63, 3.8) is 0 Å². The van der Waals surface area contributed by atoms with Gasteiger partial charge >= 0.3 is 0 Å². The Morgan fingerprint density at radius 2 is 1.95 bits per heavy atom. The van der Waals surface area contributed by atoms with Crippen molar-refractivity contribution >= 4 is 5.82 Å². The second kappa shape index (κ2) is 6.27. The molecule has 2 rings (SSSR count). The summed E-state index contributed by atoms with van der Waals surface area (Å²) in [5, 5.41) is 3.82. The van der Waals surface area contributed by atoms with E-state index in [4.69, 9.17) is 15.0 Å². The van der Waals surface area contributed by atoms with Crippen LogP contribution < -0.4 is 10.5 Å². The third-order valence-corrected chi connectivity index (χ3v) is 3.06. The summed E-state index contributed by atoms with van der Waals surface area (Å²) < 4.78 is 10.9. The number of rotatable bonds is 6. The summed E-state index contributed by atoms with van der Waals surface area (Å²) in [5.41, 5.74) is 7.70. The van der Waals surface area contributed by atoms with Gasteiger partial charge in [0, 0.05) is 11.1 Å². The first-order valence-corrected chi connectivity index (χ1v) is 6.73. The summed E-state index contributed by atoms with van der Waals surface area (Å²) in [6.45, 7) is 4.94. The SMILES string of the molecule is CCCCOc1ccc(-c2onc(N)c2CC)cc1. The van der Waals surface area contributed by atoms with E-state index in [9.17, 15) is 0 Å². The summed E-state index contributed by atoms with van der Waals surface area (Å²) in [6.07, 6.45) is 3.01. The summed E-state index contributed by atoms with van der Waals surface area (Å²) >= 11 is 0. The minimum absolute atomic E-state index is 0.473. The molecule has 19 heavy (non-hydrogen) atoms. The number of nitrogen functional groups attached to an aromatic ring is 1. The molecule has 0 saturated carbocycles. The molecule has 0 bridgehead atoms. The van der Waals surface area contributed by atoms with Crippen LogP contribution in [0.15, 0.2) is 28.8 Å². The zero-order chi connectivity index (χ0) is 13.7. The maximum Gasteiger partial charge on any atom is 0.172 e. The maximum atomic E-state index is 5.77. The van der Waals surface area contributed by atoms with Crippen molar-refractivity contribution in [2.45, 2.75) is 33.1 Å². The van der Waals surface area contributed by atoms with Crippen LogP contribution in [-0.4, -0.2) is 11.8 Å². The van der Waals surface area contributed by atoms with Crippen molar-refractivity contribution in [1.82, 2.24) is 5.16 Å². The number of anilines is 1. The highest BCUT2D eigenvalue weighted by Gasteiger charge is 2.13. The van der Waals surface area contributed by atoms with Crippen molar-refractivity contribution in [2.24, 2.45) is 0 Å². The number of aromatic nitrogens is 1. The Kier molecular flexibility index (Phi) is 4.44. The van der Waals surface area contributed by atoms with Gasteiger partial charge in [-0.1, -0.05) is 25.4 Å². The molecule has 0 fully saturated rings. The van der Waals surface area contributed by atoms with Gasteiger partial charge in [0.05, 0.1) is 6.61 Å². The van der Waals surface area contributed by atoms with Crippen molar-refractivity contribution in [3.05, 3.63) is 29.8 Å². The van der Waals surface area contributed by atoms with Crippen molar-refractivity contribution in [3.8, 4) is 17.1 Å². The summed E-state index contributed by atoms with van der Waals surface area (Å²) in [5.74, 6) is 2.10. The zero-order valence-electron chi connectivity index (χ0n) is 11.5. The molecule has 1 heterocycles. The lowest BCUT2D eigenvalue weighted by molar-refractivity contribution is 0.309. The summed E-state index contributed by atoms with van der Waals surface area (Å²) in [6, 6.07) is 7.84.